The number of nitrogens with zero attached hydrogens (tertiary/aromatic N) is 1. The number of ether oxygens (including phenoxy) is 1. The lowest BCUT2D eigenvalue weighted by Crippen LogP contribution is -2.04. The summed E-state index contributed by atoms with van der Waals surface area (Å²) in [5.41, 5.74) is 2.59. The summed E-state index contributed by atoms with van der Waals surface area (Å²) in [7, 11) is 0. The van der Waals surface area contributed by atoms with Crippen molar-refractivity contribution in [3.63, 3.8) is 0 Å². The van der Waals surface area contributed by atoms with E-state index < -0.39 is 0 Å². The zero-order valence-electron chi connectivity index (χ0n) is 7.87. The van der Waals surface area contributed by atoms with Gasteiger partial charge >= 0.3 is 0 Å². The second-order valence-electron chi connectivity index (χ2n) is 2.90. The van der Waals surface area contributed by atoms with Crippen LogP contribution < -0.4 is 0 Å². The number of benzene rings is 1. The number of hydrogen-bond acceptors (Lipinski definition) is 3. The smallest absolute Gasteiger partial charge is 0.213 e. The monoisotopic (exact) mass is 189 g/mol. The van der Waals surface area contributed by atoms with Crippen LogP contribution in [0, 0.1) is 5.41 Å². The van der Waals surface area contributed by atoms with Crippen LogP contribution in [0.5, 0.6) is 0 Å². The van der Waals surface area contributed by atoms with Crippen molar-refractivity contribution in [1.29, 1.82) is 5.41 Å². The van der Waals surface area contributed by atoms with Gasteiger partial charge in [0.05, 0.1) is 24.0 Å². The molecule has 0 aliphatic rings. The minimum Gasteiger partial charge on any atom is -0.478 e. The standard InChI is InChI=1S/C10H11N3O/c1-2-14-10(11)7-3-4-8-9(5-7)13-6-12-8/h3-6,11H,2H2,1H3,(H,12,13). The molecule has 1 aromatic heterocycles. The first kappa shape index (κ1) is 8.74. The van der Waals surface area contributed by atoms with E-state index in [-0.39, 0.29) is 5.90 Å². The van der Waals surface area contributed by atoms with E-state index >= 15 is 0 Å². The van der Waals surface area contributed by atoms with Crippen molar-refractivity contribution in [1.82, 2.24) is 9.97 Å². The van der Waals surface area contributed by atoms with E-state index in [9.17, 15) is 0 Å². The van der Waals surface area contributed by atoms with Crippen LogP contribution in [0.4, 0.5) is 0 Å². The zero-order chi connectivity index (χ0) is 9.97. The topological polar surface area (TPSA) is 61.8 Å². The minimum atomic E-state index is 0.198. The maximum absolute atomic E-state index is 7.60. The maximum atomic E-state index is 7.60. The molecule has 72 valence electrons. The summed E-state index contributed by atoms with van der Waals surface area (Å²) in [5, 5.41) is 7.60. The van der Waals surface area contributed by atoms with Gasteiger partial charge in [-0.15, -0.1) is 0 Å². The van der Waals surface area contributed by atoms with Crippen LogP contribution in [0.2, 0.25) is 0 Å². The van der Waals surface area contributed by atoms with Crippen molar-refractivity contribution in [3.8, 4) is 0 Å². The van der Waals surface area contributed by atoms with Gasteiger partial charge in [-0.1, -0.05) is 0 Å². The molecule has 0 saturated carbocycles. The summed E-state index contributed by atoms with van der Waals surface area (Å²) >= 11 is 0. The van der Waals surface area contributed by atoms with E-state index in [4.69, 9.17) is 10.1 Å². The van der Waals surface area contributed by atoms with Crippen LogP contribution in [-0.2, 0) is 4.74 Å². The molecule has 0 radical (unpaired) electrons. The molecule has 0 saturated heterocycles. The Balaban J connectivity index is 2.38. The van der Waals surface area contributed by atoms with E-state index in [1.807, 2.05) is 25.1 Å². The van der Waals surface area contributed by atoms with Crippen LogP contribution in [0.25, 0.3) is 11.0 Å². The van der Waals surface area contributed by atoms with Crippen LogP contribution >= 0.6 is 0 Å². The third kappa shape index (κ3) is 1.46. The van der Waals surface area contributed by atoms with Crippen molar-refractivity contribution in [3.05, 3.63) is 30.1 Å². The summed E-state index contributed by atoms with van der Waals surface area (Å²) in [5.74, 6) is 0.198. The molecule has 2 rings (SSSR count). The van der Waals surface area contributed by atoms with Gasteiger partial charge < -0.3 is 9.72 Å². The predicted octanol–water partition coefficient (Wildman–Crippen LogP) is 1.92. The van der Waals surface area contributed by atoms with Gasteiger partial charge in [0.25, 0.3) is 0 Å². The Hall–Kier alpha value is -1.84. The molecule has 0 fully saturated rings. The van der Waals surface area contributed by atoms with Gasteiger partial charge in [0.15, 0.2) is 0 Å². The third-order valence-corrected chi connectivity index (χ3v) is 1.97. The number of H-pyrrole nitrogens is 1. The number of imidazole rings is 1. The van der Waals surface area contributed by atoms with Gasteiger partial charge in [-0.05, 0) is 25.1 Å². The first-order valence-corrected chi connectivity index (χ1v) is 4.46. The maximum Gasteiger partial charge on any atom is 0.213 e. The highest BCUT2D eigenvalue weighted by Gasteiger charge is 2.03. The van der Waals surface area contributed by atoms with E-state index in [1.54, 1.807) is 6.33 Å². The van der Waals surface area contributed by atoms with Crippen LogP contribution in [-0.4, -0.2) is 22.5 Å². The molecular weight excluding hydrogens is 178 g/mol. The molecule has 0 spiro atoms. The second-order valence-corrected chi connectivity index (χ2v) is 2.90. The number of rotatable bonds is 2. The van der Waals surface area contributed by atoms with Gasteiger partial charge in [-0.25, -0.2) is 4.98 Å². The fourth-order valence-electron chi connectivity index (χ4n) is 1.30. The van der Waals surface area contributed by atoms with Crippen molar-refractivity contribution in [2.45, 2.75) is 6.92 Å². The highest BCUT2D eigenvalue weighted by molar-refractivity contribution is 5.95. The zero-order valence-corrected chi connectivity index (χ0v) is 7.87. The van der Waals surface area contributed by atoms with Crippen LogP contribution in [0.15, 0.2) is 24.5 Å². The van der Waals surface area contributed by atoms with Gasteiger partial charge in [0.1, 0.15) is 0 Å². The molecule has 0 aliphatic heterocycles. The number of fused-ring (bicyclic) bond motifs is 1. The molecular formula is C10H11N3O. The van der Waals surface area contributed by atoms with Crippen molar-refractivity contribution < 1.29 is 4.74 Å². The largest absolute Gasteiger partial charge is 0.478 e. The molecule has 0 unspecified atom stereocenters. The summed E-state index contributed by atoms with van der Waals surface area (Å²) in [4.78, 5) is 7.09. The molecule has 0 amide bonds. The van der Waals surface area contributed by atoms with E-state index in [0.29, 0.717) is 6.61 Å². The summed E-state index contributed by atoms with van der Waals surface area (Å²) < 4.78 is 5.10. The molecule has 0 bridgehead atoms. The Morgan fingerprint density at radius 1 is 1.57 bits per heavy atom. The molecule has 2 aromatic rings. The normalized spacial score (nSPS) is 10.4. The number of nitrogens with one attached hydrogen (secondary N) is 2. The highest BCUT2D eigenvalue weighted by atomic mass is 16.5. The van der Waals surface area contributed by atoms with Crippen molar-refractivity contribution in [2.24, 2.45) is 0 Å². The fraction of sp³-hybridized carbons (Fsp3) is 0.200. The Bertz CT molecular complexity index is 461. The minimum absolute atomic E-state index is 0.198. The van der Waals surface area contributed by atoms with E-state index in [2.05, 4.69) is 9.97 Å². The Kier molecular flexibility index (Phi) is 2.18. The lowest BCUT2D eigenvalue weighted by atomic mass is 10.2. The lowest BCUT2D eigenvalue weighted by molar-refractivity contribution is 0.325. The molecule has 4 nitrogen and oxygen atoms in total. The SMILES string of the molecule is CCOC(=N)c1ccc2nc[nH]c2c1. The average Bonchev–Trinajstić information content (AvgIpc) is 2.64. The lowest BCUT2D eigenvalue weighted by Gasteiger charge is -2.03. The van der Waals surface area contributed by atoms with Gasteiger partial charge in [0.2, 0.25) is 5.90 Å². The Morgan fingerprint density at radius 3 is 3.21 bits per heavy atom. The number of hydrogen-bond donors (Lipinski definition) is 2. The quantitative estimate of drug-likeness (QED) is 0.560. The van der Waals surface area contributed by atoms with Crippen LogP contribution in [0.3, 0.4) is 0 Å². The average molecular weight is 189 g/mol. The van der Waals surface area contributed by atoms with Gasteiger partial charge in [-0.2, -0.15) is 0 Å². The Labute approximate surface area is 81.4 Å². The summed E-state index contributed by atoms with van der Waals surface area (Å²) in [6, 6.07) is 5.57. The van der Waals surface area contributed by atoms with Crippen molar-refractivity contribution in [2.75, 3.05) is 6.61 Å². The highest BCUT2D eigenvalue weighted by Crippen LogP contribution is 2.12. The Morgan fingerprint density at radius 2 is 2.43 bits per heavy atom. The summed E-state index contributed by atoms with van der Waals surface area (Å²) in [6.45, 7) is 2.38. The van der Waals surface area contributed by atoms with Crippen molar-refractivity contribution >= 4 is 16.9 Å². The first-order chi connectivity index (χ1) is 6.81. The molecule has 1 aromatic carbocycles. The molecule has 14 heavy (non-hydrogen) atoms. The molecule has 4 heteroatoms. The van der Waals surface area contributed by atoms with Crippen LogP contribution in [0.1, 0.15) is 12.5 Å². The molecule has 0 aliphatic carbocycles. The first-order valence-electron chi connectivity index (χ1n) is 4.46. The third-order valence-electron chi connectivity index (χ3n) is 1.97. The van der Waals surface area contributed by atoms with E-state index in [1.165, 1.54) is 0 Å². The second kappa shape index (κ2) is 3.49. The van der Waals surface area contributed by atoms with Gasteiger partial charge in [-0.3, -0.25) is 5.41 Å². The fourth-order valence-corrected chi connectivity index (χ4v) is 1.30. The molecule has 1 heterocycles. The van der Waals surface area contributed by atoms with Gasteiger partial charge in [0, 0.05) is 5.56 Å². The summed E-state index contributed by atoms with van der Waals surface area (Å²) in [6.07, 6.45) is 1.64. The van der Waals surface area contributed by atoms with E-state index in [0.717, 1.165) is 16.6 Å². The number of aromatic nitrogens is 2. The molecule has 2 N–H and O–H groups in total. The predicted molar refractivity (Wildman–Crippen MR) is 54.5 cm³/mol. The molecule has 0 atom stereocenters. The number of aromatic amines is 1.